The van der Waals surface area contributed by atoms with E-state index in [4.69, 9.17) is 10.5 Å². The first kappa shape index (κ1) is 11.9. The van der Waals surface area contributed by atoms with Crippen molar-refractivity contribution in [1.82, 2.24) is 4.98 Å². The first-order chi connectivity index (χ1) is 7.56. The Morgan fingerprint density at radius 1 is 1.38 bits per heavy atom. The van der Waals surface area contributed by atoms with E-state index in [0.29, 0.717) is 12.0 Å². The number of nitrogens with zero attached hydrogens (tertiary/aromatic N) is 3. The number of hydrogen-bond acceptors (Lipinski definition) is 4. The van der Waals surface area contributed by atoms with Crippen molar-refractivity contribution < 1.29 is 4.79 Å². The summed E-state index contributed by atoms with van der Waals surface area (Å²) in [6.45, 7) is 3.86. The number of hydrogen-bond donors (Lipinski definition) is 0. The molecular formula is C12H11N3O. The van der Waals surface area contributed by atoms with Gasteiger partial charge in [-0.2, -0.15) is 10.5 Å². The molecule has 0 N–H and O–H groups in total. The Morgan fingerprint density at radius 2 is 2.06 bits per heavy atom. The highest BCUT2D eigenvalue weighted by molar-refractivity contribution is 5.94. The number of aromatic nitrogens is 1. The van der Waals surface area contributed by atoms with E-state index in [1.165, 1.54) is 12.1 Å². The molecule has 0 spiro atoms. The predicted octanol–water partition coefficient (Wildman–Crippen LogP) is 2.05. The molecule has 1 heterocycles. The second-order valence-corrected chi connectivity index (χ2v) is 3.87. The third-order valence-corrected chi connectivity index (χ3v) is 1.95. The summed E-state index contributed by atoms with van der Waals surface area (Å²) in [5, 5.41) is 17.5. The quantitative estimate of drug-likeness (QED) is 0.720. The van der Waals surface area contributed by atoms with Crippen molar-refractivity contribution in [2.24, 2.45) is 5.92 Å². The molecule has 0 fully saturated rings. The van der Waals surface area contributed by atoms with Gasteiger partial charge in [0.15, 0.2) is 5.78 Å². The average molecular weight is 213 g/mol. The fourth-order valence-electron chi connectivity index (χ4n) is 1.27. The van der Waals surface area contributed by atoms with Crippen molar-refractivity contribution in [3.8, 4) is 12.1 Å². The molecule has 1 aromatic rings. The minimum atomic E-state index is -0.136. The molecule has 0 amide bonds. The fourth-order valence-corrected chi connectivity index (χ4v) is 1.27. The van der Waals surface area contributed by atoms with Crippen LogP contribution in [0, 0.1) is 28.6 Å². The Labute approximate surface area is 94.2 Å². The molecule has 80 valence electrons. The van der Waals surface area contributed by atoms with Crippen molar-refractivity contribution in [3.05, 3.63) is 29.1 Å². The lowest BCUT2D eigenvalue weighted by molar-refractivity contribution is 0.0963. The third kappa shape index (κ3) is 2.90. The van der Waals surface area contributed by atoms with Crippen LogP contribution in [0.3, 0.4) is 0 Å². The van der Waals surface area contributed by atoms with Crippen molar-refractivity contribution >= 4 is 5.78 Å². The van der Waals surface area contributed by atoms with Gasteiger partial charge < -0.3 is 0 Å². The highest BCUT2D eigenvalue weighted by Crippen LogP contribution is 2.10. The van der Waals surface area contributed by atoms with Crippen LogP contribution < -0.4 is 0 Å². The summed E-state index contributed by atoms with van der Waals surface area (Å²) < 4.78 is 0. The zero-order valence-corrected chi connectivity index (χ0v) is 9.19. The number of ketones is 1. The van der Waals surface area contributed by atoms with Crippen LogP contribution in [0.2, 0.25) is 0 Å². The first-order valence-electron chi connectivity index (χ1n) is 4.92. The lowest BCUT2D eigenvalue weighted by atomic mass is 10.0. The molecule has 0 saturated carbocycles. The SMILES string of the molecule is CC(C)CC(=O)c1cc(C#N)cc(C#N)n1. The summed E-state index contributed by atoms with van der Waals surface area (Å²) in [5.74, 6) is 0.0918. The molecule has 0 aliphatic carbocycles. The number of carbonyl (C=O) groups excluding carboxylic acids is 1. The van der Waals surface area contributed by atoms with Gasteiger partial charge in [0.05, 0.1) is 11.6 Å². The lowest BCUT2D eigenvalue weighted by Crippen LogP contribution is -2.07. The molecule has 0 aromatic carbocycles. The Hall–Kier alpha value is -2.20. The highest BCUT2D eigenvalue weighted by atomic mass is 16.1. The van der Waals surface area contributed by atoms with Gasteiger partial charge in [0.2, 0.25) is 0 Å². The summed E-state index contributed by atoms with van der Waals surface area (Å²) in [5.41, 5.74) is 0.592. The fraction of sp³-hybridized carbons (Fsp3) is 0.333. The Morgan fingerprint density at radius 3 is 2.56 bits per heavy atom. The van der Waals surface area contributed by atoms with E-state index in [9.17, 15) is 4.79 Å². The van der Waals surface area contributed by atoms with Gasteiger partial charge in [0.1, 0.15) is 17.5 Å². The molecule has 16 heavy (non-hydrogen) atoms. The molecule has 0 aliphatic heterocycles. The normalized spacial score (nSPS) is 9.56. The zero-order chi connectivity index (χ0) is 12.1. The summed E-state index contributed by atoms with van der Waals surface area (Å²) in [6, 6.07) is 6.53. The predicted molar refractivity (Wildman–Crippen MR) is 57.5 cm³/mol. The molecular weight excluding hydrogens is 202 g/mol. The van der Waals surface area contributed by atoms with Gasteiger partial charge in [-0.3, -0.25) is 4.79 Å². The monoisotopic (exact) mass is 213 g/mol. The molecule has 0 atom stereocenters. The van der Waals surface area contributed by atoms with E-state index in [2.05, 4.69) is 4.98 Å². The number of pyridine rings is 1. The largest absolute Gasteiger partial charge is 0.292 e. The summed E-state index contributed by atoms with van der Waals surface area (Å²) in [7, 11) is 0. The molecule has 4 heteroatoms. The second kappa shape index (κ2) is 5.04. The van der Waals surface area contributed by atoms with Crippen LogP contribution in [-0.2, 0) is 0 Å². The van der Waals surface area contributed by atoms with Gasteiger partial charge in [0.25, 0.3) is 0 Å². The van der Waals surface area contributed by atoms with Gasteiger partial charge in [-0.25, -0.2) is 4.98 Å². The van der Waals surface area contributed by atoms with E-state index in [0.717, 1.165) is 0 Å². The van der Waals surface area contributed by atoms with Crippen LogP contribution in [0.15, 0.2) is 12.1 Å². The van der Waals surface area contributed by atoms with E-state index < -0.39 is 0 Å². The van der Waals surface area contributed by atoms with Crippen molar-refractivity contribution in [3.63, 3.8) is 0 Å². The van der Waals surface area contributed by atoms with Crippen LogP contribution in [0.1, 0.15) is 42.0 Å². The zero-order valence-electron chi connectivity index (χ0n) is 9.19. The Kier molecular flexibility index (Phi) is 3.74. The Balaban J connectivity index is 3.10. The van der Waals surface area contributed by atoms with Crippen LogP contribution in [0.4, 0.5) is 0 Å². The van der Waals surface area contributed by atoms with Gasteiger partial charge in [-0.15, -0.1) is 0 Å². The van der Waals surface area contributed by atoms with E-state index in [1.54, 1.807) is 0 Å². The first-order valence-corrected chi connectivity index (χ1v) is 4.92. The number of rotatable bonds is 3. The lowest BCUT2D eigenvalue weighted by Gasteiger charge is -2.03. The topological polar surface area (TPSA) is 77.5 Å². The van der Waals surface area contributed by atoms with Crippen LogP contribution >= 0.6 is 0 Å². The molecule has 4 nitrogen and oxygen atoms in total. The van der Waals surface area contributed by atoms with Gasteiger partial charge >= 0.3 is 0 Å². The van der Waals surface area contributed by atoms with E-state index >= 15 is 0 Å². The van der Waals surface area contributed by atoms with Crippen molar-refractivity contribution in [2.75, 3.05) is 0 Å². The maximum absolute atomic E-state index is 11.7. The number of carbonyl (C=O) groups is 1. The van der Waals surface area contributed by atoms with Crippen molar-refractivity contribution in [1.29, 1.82) is 10.5 Å². The standard InChI is InChI=1S/C12H11N3O/c1-8(2)3-12(16)11-5-9(6-13)4-10(7-14)15-11/h4-5,8H,3H2,1-2H3. The minimum absolute atomic E-state index is 0.103. The highest BCUT2D eigenvalue weighted by Gasteiger charge is 2.12. The van der Waals surface area contributed by atoms with Crippen molar-refractivity contribution in [2.45, 2.75) is 20.3 Å². The second-order valence-electron chi connectivity index (χ2n) is 3.87. The summed E-state index contributed by atoms with van der Waals surface area (Å²) in [4.78, 5) is 15.6. The maximum atomic E-state index is 11.7. The minimum Gasteiger partial charge on any atom is -0.292 e. The van der Waals surface area contributed by atoms with Gasteiger partial charge in [0, 0.05) is 6.42 Å². The van der Waals surface area contributed by atoms with Gasteiger partial charge in [-0.05, 0) is 18.1 Å². The molecule has 0 bridgehead atoms. The Bertz CT molecular complexity index is 460. The number of nitriles is 2. The maximum Gasteiger partial charge on any atom is 0.181 e. The molecule has 0 radical (unpaired) electrons. The molecule has 1 rings (SSSR count). The molecule has 0 aliphatic rings. The summed E-state index contributed by atoms with van der Waals surface area (Å²) >= 11 is 0. The van der Waals surface area contributed by atoms with Crippen LogP contribution in [-0.4, -0.2) is 10.8 Å². The molecule has 1 aromatic heterocycles. The third-order valence-electron chi connectivity index (χ3n) is 1.95. The van der Waals surface area contributed by atoms with E-state index in [-0.39, 0.29) is 23.1 Å². The number of Topliss-reactive ketones (excluding diaryl/α,β-unsaturated/α-hetero) is 1. The van der Waals surface area contributed by atoms with Crippen LogP contribution in [0.25, 0.3) is 0 Å². The summed E-state index contributed by atoms with van der Waals surface area (Å²) in [6.07, 6.45) is 0.368. The van der Waals surface area contributed by atoms with Gasteiger partial charge in [-0.1, -0.05) is 13.8 Å². The average Bonchev–Trinajstić information content (AvgIpc) is 2.27. The molecule has 0 saturated heterocycles. The van der Waals surface area contributed by atoms with E-state index in [1.807, 2.05) is 26.0 Å². The van der Waals surface area contributed by atoms with Crippen LogP contribution in [0.5, 0.6) is 0 Å². The molecule has 0 unspecified atom stereocenters. The smallest absolute Gasteiger partial charge is 0.181 e.